The summed E-state index contributed by atoms with van der Waals surface area (Å²) < 4.78 is 47.6. The monoisotopic (exact) mass is 589 g/mol. The zero-order chi connectivity index (χ0) is 29.4. The van der Waals surface area contributed by atoms with Gasteiger partial charge in [-0.3, -0.25) is 13.9 Å². The van der Waals surface area contributed by atoms with Crippen LogP contribution in [-0.2, 0) is 26.2 Å². The number of anilines is 1. The molecule has 2 amide bonds. The largest absolute Gasteiger partial charge is 0.494 e. The molecule has 3 aromatic carbocycles. The van der Waals surface area contributed by atoms with Crippen molar-refractivity contribution in [3.05, 3.63) is 89.2 Å². The van der Waals surface area contributed by atoms with Gasteiger partial charge < -0.3 is 15.0 Å². The number of nitrogens with zero attached hydrogens (tertiary/aromatic N) is 2. The first-order valence-electron chi connectivity index (χ1n) is 12.8. The van der Waals surface area contributed by atoms with E-state index in [0.717, 1.165) is 4.31 Å². The second-order valence-corrected chi connectivity index (χ2v) is 11.7. The molecule has 1 N–H and O–H groups in total. The van der Waals surface area contributed by atoms with Crippen LogP contribution in [0.3, 0.4) is 0 Å². The number of benzene rings is 3. The van der Waals surface area contributed by atoms with Gasteiger partial charge in [0.15, 0.2) is 0 Å². The first kappa shape index (κ1) is 30.9. The topological polar surface area (TPSA) is 96.0 Å². The van der Waals surface area contributed by atoms with E-state index in [1.54, 1.807) is 45.0 Å². The molecule has 0 saturated heterocycles. The van der Waals surface area contributed by atoms with Gasteiger partial charge in [0.25, 0.3) is 10.0 Å². The van der Waals surface area contributed by atoms with Gasteiger partial charge in [-0.15, -0.1) is 0 Å². The van der Waals surface area contributed by atoms with E-state index in [1.165, 1.54) is 53.4 Å². The number of halogens is 2. The van der Waals surface area contributed by atoms with Crippen LogP contribution >= 0.6 is 11.6 Å². The molecule has 40 heavy (non-hydrogen) atoms. The van der Waals surface area contributed by atoms with Crippen LogP contribution in [0.2, 0.25) is 5.02 Å². The van der Waals surface area contributed by atoms with Gasteiger partial charge in [0.2, 0.25) is 11.8 Å². The van der Waals surface area contributed by atoms with Crippen LogP contribution < -0.4 is 14.4 Å². The lowest BCUT2D eigenvalue weighted by atomic mass is 10.1. The summed E-state index contributed by atoms with van der Waals surface area (Å²) in [6.45, 7) is 6.78. The Morgan fingerprint density at radius 3 is 2.10 bits per heavy atom. The lowest BCUT2D eigenvalue weighted by molar-refractivity contribution is -0.139. The number of rotatable bonds is 12. The minimum atomic E-state index is -4.23. The van der Waals surface area contributed by atoms with Gasteiger partial charge in [0, 0.05) is 17.6 Å². The van der Waals surface area contributed by atoms with Gasteiger partial charge >= 0.3 is 0 Å². The predicted molar refractivity (Wildman–Crippen MR) is 153 cm³/mol. The molecule has 0 fully saturated rings. The molecular weight excluding hydrogens is 557 g/mol. The van der Waals surface area contributed by atoms with Crippen molar-refractivity contribution in [1.29, 1.82) is 0 Å². The fourth-order valence-corrected chi connectivity index (χ4v) is 5.45. The summed E-state index contributed by atoms with van der Waals surface area (Å²) in [7, 11) is -4.23. The fourth-order valence-electron chi connectivity index (χ4n) is 3.91. The Morgan fingerprint density at radius 1 is 0.950 bits per heavy atom. The van der Waals surface area contributed by atoms with Gasteiger partial charge in [-0.1, -0.05) is 23.7 Å². The second-order valence-electron chi connectivity index (χ2n) is 9.38. The molecule has 0 aliphatic rings. The summed E-state index contributed by atoms with van der Waals surface area (Å²) in [6, 6.07) is 16.4. The van der Waals surface area contributed by atoms with Crippen LogP contribution in [0, 0.1) is 5.82 Å². The Balaban J connectivity index is 2.02. The summed E-state index contributed by atoms with van der Waals surface area (Å²) in [4.78, 5) is 28.0. The fraction of sp³-hybridized carbons (Fsp3) is 0.310. The van der Waals surface area contributed by atoms with Gasteiger partial charge in [-0.2, -0.15) is 0 Å². The molecule has 0 radical (unpaired) electrons. The Hall–Kier alpha value is -3.63. The Labute approximate surface area is 239 Å². The molecule has 8 nitrogen and oxygen atoms in total. The highest BCUT2D eigenvalue weighted by Gasteiger charge is 2.32. The quantitative estimate of drug-likeness (QED) is 0.320. The third kappa shape index (κ3) is 7.95. The zero-order valence-electron chi connectivity index (χ0n) is 22.8. The number of hydrogen-bond donors (Lipinski definition) is 1. The van der Waals surface area contributed by atoms with Gasteiger partial charge in [-0.25, -0.2) is 12.8 Å². The van der Waals surface area contributed by atoms with E-state index in [-0.39, 0.29) is 23.2 Å². The van der Waals surface area contributed by atoms with E-state index < -0.39 is 40.2 Å². The van der Waals surface area contributed by atoms with E-state index in [2.05, 4.69) is 5.32 Å². The maximum atomic E-state index is 13.9. The summed E-state index contributed by atoms with van der Waals surface area (Å²) in [5, 5.41) is 3.15. The van der Waals surface area contributed by atoms with Crippen LogP contribution in [0.5, 0.6) is 5.75 Å². The maximum Gasteiger partial charge on any atom is 0.264 e. The average molecular weight is 590 g/mol. The van der Waals surface area contributed by atoms with Crippen LogP contribution in [0.25, 0.3) is 0 Å². The third-order valence-corrected chi connectivity index (χ3v) is 8.02. The molecule has 0 spiro atoms. The number of nitrogens with one attached hydrogen (secondary N) is 1. The lowest BCUT2D eigenvalue weighted by Crippen LogP contribution is -2.52. The Bertz CT molecular complexity index is 1400. The Kier molecular flexibility index (Phi) is 10.5. The highest BCUT2D eigenvalue weighted by Crippen LogP contribution is 2.27. The predicted octanol–water partition coefficient (Wildman–Crippen LogP) is 5.02. The van der Waals surface area contributed by atoms with E-state index in [0.29, 0.717) is 22.9 Å². The Morgan fingerprint density at radius 2 is 1.55 bits per heavy atom. The van der Waals surface area contributed by atoms with Crippen molar-refractivity contribution in [2.45, 2.75) is 51.2 Å². The smallest absolute Gasteiger partial charge is 0.264 e. The van der Waals surface area contributed by atoms with Crippen LogP contribution in [0.1, 0.15) is 33.3 Å². The first-order chi connectivity index (χ1) is 18.9. The third-order valence-electron chi connectivity index (χ3n) is 5.98. The van der Waals surface area contributed by atoms with E-state index >= 15 is 0 Å². The summed E-state index contributed by atoms with van der Waals surface area (Å²) >= 11 is 5.97. The molecule has 11 heteroatoms. The second kappa shape index (κ2) is 13.6. The van der Waals surface area contributed by atoms with Crippen LogP contribution in [0.4, 0.5) is 10.1 Å². The number of carbonyl (C=O) groups excluding carboxylic acids is 2. The van der Waals surface area contributed by atoms with Crippen molar-refractivity contribution in [2.75, 3.05) is 17.5 Å². The maximum absolute atomic E-state index is 13.9. The zero-order valence-corrected chi connectivity index (χ0v) is 24.4. The molecule has 3 aromatic rings. The molecule has 1 unspecified atom stereocenters. The highest BCUT2D eigenvalue weighted by atomic mass is 35.5. The van der Waals surface area contributed by atoms with Crippen LogP contribution in [-0.4, -0.2) is 50.4 Å². The molecule has 0 aromatic heterocycles. The molecule has 0 heterocycles. The van der Waals surface area contributed by atoms with Crippen LogP contribution in [0.15, 0.2) is 77.7 Å². The number of hydrogen-bond acceptors (Lipinski definition) is 5. The highest BCUT2D eigenvalue weighted by molar-refractivity contribution is 7.92. The van der Waals surface area contributed by atoms with Gasteiger partial charge in [-0.05, 0) is 93.9 Å². The number of ether oxygens (including phenoxy) is 1. The minimum Gasteiger partial charge on any atom is -0.494 e. The molecule has 1 atom stereocenters. The standard InChI is InChI=1S/C29H33ClFN3O5S/c1-5-39-26-14-12-25(13-15-26)34(40(37,38)27-16-8-23(30)9-17-27)19-28(35)33(21(4)29(36)32-20(2)3)18-22-6-10-24(31)11-7-22/h6-17,20-21H,5,18-19H2,1-4H3,(H,32,36). The van der Waals surface area contributed by atoms with Crippen molar-refractivity contribution >= 4 is 39.1 Å². The summed E-state index contributed by atoms with van der Waals surface area (Å²) in [6.07, 6.45) is 0. The molecule has 0 aliphatic heterocycles. The number of carbonyl (C=O) groups is 2. The van der Waals surface area contributed by atoms with Crippen molar-refractivity contribution in [3.63, 3.8) is 0 Å². The molecule has 0 bridgehead atoms. The van der Waals surface area contributed by atoms with E-state index in [4.69, 9.17) is 16.3 Å². The molecule has 0 aliphatic carbocycles. The minimum absolute atomic E-state index is 0.0378. The number of sulfonamides is 1. The SMILES string of the molecule is CCOc1ccc(N(CC(=O)N(Cc2ccc(F)cc2)C(C)C(=O)NC(C)C)S(=O)(=O)c2ccc(Cl)cc2)cc1. The first-order valence-corrected chi connectivity index (χ1v) is 14.6. The van der Waals surface area contributed by atoms with Crippen molar-refractivity contribution in [1.82, 2.24) is 10.2 Å². The van der Waals surface area contributed by atoms with Crippen molar-refractivity contribution < 1.29 is 27.1 Å². The van der Waals surface area contributed by atoms with Gasteiger partial charge in [0.05, 0.1) is 17.2 Å². The normalized spacial score (nSPS) is 12.1. The molecule has 3 rings (SSSR count). The lowest BCUT2D eigenvalue weighted by Gasteiger charge is -2.32. The van der Waals surface area contributed by atoms with Crippen molar-refractivity contribution in [3.8, 4) is 5.75 Å². The van der Waals surface area contributed by atoms with E-state index in [1.807, 2.05) is 6.92 Å². The molecule has 0 saturated carbocycles. The molecular formula is C29H33ClFN3O5S. The molecule has 214 valence electrons. The van der Waals surface area contributed by atoms with Crippen molar-refractivity contribution in [2.24, 2.45) is 0 Å². The van der Waals surface area contributed by atoms with Gasteiger partial charge in [0.1, 0.15) is 24.2 Å². The summed E-state index contributed by atoms with van der Waals surface area (Å²) in [5.74, 6) is -0.929. The summed E-state index contributed by atoms with van der Waals surface area (Å²) in [5.41, 5.74) is 0.805. The number of amides is 2. The average Bonchev–Trinajstić information content (AvgIpc) is 2.91. The van der Waals surface area contributed by atoms with E-state index in [9.17, 15) is 22.4 Å².